The highest BCUT2D eigenvalue weighted by Crippen LogP contribution is 2.25. The second kappa shape index (κ2) is 13.7. The second-order valence-electron chi connectivity index (χ2n) is 9.01. The Labute approximate surface area is 226 Å². The van der Waals surface area contributed by atoms with E-state index in [1.165, 1.54) is 28.6 Å². The number of nitrogens with zero attached hydrogens (tertiary/aromatic N) is 2. The molecule has 3 atom stereocenters. The van der Waals surface area contributed by atoms with Crippen molar-refractivity contribution >= 4 is 43.6 Å². The van der Waals surface area contributed by atoms with Crippen LogP contribution in [0.5, 0.6) is 0 Å². The molecular formula is C26H34N4O6S2. The van der Waals surface area contributed by atoms with E-state index in [9.17, 15) is 23.1 Å². The van der Waals surface area contributed by atoms with Gasteiger partial charge in [0.05, 0.1) is 32.8 Å². The third-order valence-corrected chi connectivity index (χ3v) is 8.75. The monoisotopic (exact) mass is 562 g/mol. The molecule has 3 aromatic rings. The molecular weight excluding hydrogens is 528 g/mol. The molecule has 1 unspecified atom stereocenters. The van der Waals surface area contributed by atoms with Crippen LogP contribution >= 0.6 is 11.3 Å². The Morgan fingerprint density at radius 3 is 2.61 bits per heavy atom. The summed E-state index contributed by atoms with van der Waals surface area (Å²) in [6.07, 6.45) is -0.859. The Balaban J connectivity index is 1.85. The van der Waals surface area contributed by atoms with Crippen LogP contribution in [0.15, 0.2) is 58.9 Å². The number of hydrogen-bond donors (Lipinski definition) is 3. The van der Waals surface area contributed by atoms with Gasteiger partial charge in [-0.3, -0.25) is 4.79 Å². The lowest BCUT2D eigenvalue weighted by atomic mass is 10.0. The Hall–Kier alpha value is -3.06. The van der Waals surface area contributed by atoms with Crippen molar-refractivity contribution in [1.29, 1.82) is 0 Å². The normalized spacial score (nSPS) is 14.2. The lowest BCUT2D eigenvalue weighted by Gasteiger charge is -2.30. The topological polar surface area (TPSA) is 152 Å². The van der Waals surface area contributed by atoms with Gasteiger partial charge in [0.2, 0.25) is 10.0 Å². The zero-order valence-electron chi connectivity index (χ0n) is 21.4. The predicted octanol–water partition coefficient (Wildman–Crippen LogP) is 3.05. The number of aliphatic hydroxyl groups is 1. The van der Waals surface area contributed by atoms with Crippen LogP contribution in [0.2, 0.25) is 0 Å². The van der Waals surface area contributed by atoms with Gasteiger partial charge < -0.3 is 20.9 Å². The molecule has 1 aromatic heterocycles. The van der Waals surface area contributed by atoms with Gasteiger partial charge >= 0.3 is 6.09 Å². The molecule has 0 radical (unpaired) electrons. The fourth-order valence-electron chi connectivity index (χ4n) is 3.88. The van der Waals surface area contributed by atoms with Gasteiger partial charge in [0.25, 0.3) is 5.91 Å². The predicted molar refractivity (Wildman–Crippen MR) is 146 cm³/mol. The zero-order chi connectivity index (χ0) is 27.7. The number of aromatic nitrogens is 1. The summed E-state index contributed by atoms with van der Waals surface area (Å²) >= 11 is 1.35. The van der Waals surface area contributed by atoms with Crippen molar-refractivity contribution in [3.63, 3.8) is 0 Å². The van der Waals surface area contributed by atoms with E-state index >= 15 is 0 Å². The van der Waals surface area contributed by atoms with E-state index in [-0.39, 0.29) is 24.4 Å². The van der Waals surface area contributed by atoms with E-state index in [1.54, 1.807) is 17.6 Å². The molecule has 0 aliphatic rings. The van der Waals surface area contributed by atoms with Crippen LogP contribution in [0.3, 0.4) is 0 Å². The first-order chi connectivity index (χ1) is 18.1. The number of benzene rings is 2. The lowest BCUT2D eigenvalue weighted by molar-refractivity contribution is -0.125. The van der Waals surface area contributed by atoms with Crippen molar-refractivity contribution < 1.29 is 27.9 Å². The number of amides is 2. The minimum absolute atomic E-state index is 0.111. The van der Waals surface area contributed by atoms with Crippen LogP contribution < -0.4 is 11.1 Å². The first-order valence-corrected chi connectivity index (χ1v) is 14.8. The summed E-state index contributed by atoms with van der Waals surface area (Å²) in [4.78, 5) is 28.1. The summed E-state index contributed by atoms with van der Waals surface area (Å²) in [5.41, 5.74) is 8.36. The van der Waals surface area contributed by atoms with Crippen molar-refractivity contribution in [3.05, 3.63) is 59.6 Å². The summed E-state index contributed by atoms with van der Waals surface area (Å²) < 4.78 is 34.4. The van der Waals surface area contributed by atoms with Crippen molar-refractivity contribution in [3.8, 4) is 0 Å². The lowest BCUT2D eigenvalue weighted by Crippen LogP contribution is -2.51. The first-order valence-electron chi connectivity index (χ1n) is 12.4. The Morgan fingerprint density at radius 1 is 1.18 bits per heavy atom. The summed E-state index contributed by atoms with van der Waals surface area (Å²) in [6, 6.07) is 13.0. The smallest absolute Gasteiger partial charge is 0.408 e. The summed E-state index contributed by atoms with van der Waals surface area (Å²) in [6.45, 7) is 3.31. The number of aliphatic hydroxyl groups excluding tert-OH is 1. The summed E-state index contributed by atoms with van der Waals surface area (Å²) in [7, 11) is -3.96. The second-order valence-corrected chi connectivity index (χ2v) is 11.8. The zero-order valence-corrected chi connectivity index (χ0v) is 23.1. The molecule has 2 amide bonds. The SMILES string of the molecule is CCCCCN(C[C@@H](O)C(Cc1ccccc1)NC(=O)O[C@H](C)C(N)=O)S(=O)(=O)c1ccc2ncsc2c1. The third-order valence-electron chi connectivity index (χ3n) is 6.09. The number of hydrogen-bond acceptors (Lipinski definition) is 8. The van der Waals surface area contributed by atoms with Gasteiger partial charge in [0.1, 0.15) is 0 Å². The van der Waals surface area contributed by atoms with E-state index in [1.807, 2.05) is 37.3 Å². The van der Waals surface area contributed by atoms with Gasteiger partial charge in [-0.15, -0.1) is 11.3 Å². The fourth-order valence-corrected chi connectivity index (χ4v) is 6.20. The molecule has 4 N–H and O–H groups in total. The molecule has 3 rings (SSSR count). The average Bonchev–Trinajstić information content (AvgIpc) is 3.36. The number of thiazole rings is 1. The van der Waals surface area contributed by atoms with Crippen molar-refractivity contribution in [1.82, 2.24) is 14.6 Å². The number of unbranched alkanes of at least 4 members (excludes halogenated alkanes) is 2. The number of fused-ring (bicyclic) bond motifs is 1. The third kappa shape index (κ3) is 7.97. The van der Waals surface area contributed by atoms with Crippen molar-refractivity contribution in [2.24, 2.45) is 5.73 Å². The molecule has 10 nitrogen and oxygen atoms in total. The first kappa shape index (κ1) is 29.5. The quantitative estimate of drug-likeness (QED) is 0.255. The van der Waals surface area contributed by atoms with Crippen LogP contribution in [0.4, 0.5) is 4.79 Å². The van der Waals surface area contributed by atoms with E-state index in [0.717, 1.165) is 23.1 Å². The molecule has 0 saturated heterocycles. The maximum Gasteiger partial charge on any atom is 0.408 e. The van der Waals surface area contributed by atoms with Gasteiger partial charge in [0.15, 0.2) is 6.10 Å². The number of nitrogens with one attached hydrogen (secondary N) is 1. The molecule has 0 fully saturated rings. The van der Waals surface area contributed by atoms with Crippen molar-refractivity contribution in [2.45, 2.75) is 62.7 Å². The molecule has 206 valence electrons. The van der Waals surface area contributed by atoms with E-state index in [4.69, 9.17) is 10.5 Å². The van der Waals surface area contributed by atoms with E-state index in [0.29, 0.717) is 11.9 Å². The van der Waals surface area contributed by atoms with E-state index < -0.39 is 40.3 Å². The minimum Gasteiger partial charge on any atom is -0.436 e. The summed E-state index contributed by atoms with van der Waals surface area (Å²) in [5.74, 6) is -0.814. The highest BCUT2D eigenvalue weighted by atomic mass is 32.2. The Bertz CT molecular complexity index is 1320. The largest absolute Gasteiger partial charge is 0.436 e. The standard InChI is InChI=1S/C26H34N4O6S2/c1-3-4-8-13-30(38(34,35)20-11-12-21-24(15-20)37-17-28-21)16-23(31)22(14-19-9-6-5-7-10-19)29-26(33)36-18(2)25(27)32/h5-7,9-12,15,17-18,22-23,31H,3-4,8,13-14,16H2,1-2H3,(H2,27,32)(H,29,33)/t18-,22?,23-/m1/s1. The molecule has 2 aromatic carbocycles. The minimum atomic E-state index is -3.96. The van der Waals surface area contributed by atoms with Crippen LogP contribution in [-0.2, 0) is 26.0 Å². The number of carbonyl (C=O) groups excluding carboxylic acids is 2. The van der Waals surface area contributed by atoms with Crippen LogP contribution in [0.1, 0.15) is 38.7 Å². The number of sulfonamides is 1. The van der Waals surface area contributed by atoms with Gasteiger partial charge in [-0.25, -0.2) is 18.2 Å². The number of ether oxygens (including phenoxy) is 1. The molecule has 0 bridgehead atoms. The highest BCUT2D eigenvalue weighted by Gasteiger charge is 2.31. The van der Waals surface area contributed by atoms with Crippen molar-refractivity contribution in [2.75, 3.05) is 13.1 Å². The maximum absolute atomic E-state index is 13.7. The molecule has 0 aliphatic carbocycles. The molecule has 0 aliphatic heterocycles. The number of carbonyl (C=O) groups is 2. The molecule has 0 saturated carbocycles. The number of primary amides is 1. The molecule has 0 spiro atoms. The Kier molecular flexibility index (Phi) is 10.6. The van der Waals surface area contributed by atoms with Gasteiger partial charge in [-0.2, -0.15) is 4.31 Å². The molecule has 38 heavy (non-hydrogen) atoms. The van der Waals surface area contributed by atoms with Crippen LogP contribution in [0, 0.1) is 0 Å². The molecule has 1 heterocycles. The molecule has 12 heteroatoms. The van der Waals surface area contributed by atoms with E-state index in [2.05, 4.69) is 10.3 Å². The average molecular weight is 563 g/mol. The Morgan fingerprint density at radius 2 is 1.92 bits per heavy atom. The van der Waals surface area contributed by atoms with Gasteiger partial charge in [0, 0.05) is 13.1 Å². The number of nitrogens with two attached hydrogens (primary N) is 1. The highest BCUT2D eigenvalue weighted by molar-refractivity contribution is 7.89. The number of rotatable bonds is 14. The fraction of sp³-hybridized carbons (Fsp3) is 0.423. The van der Waals surface area contributed by atoms with Crippen LogP contribution in [0.25, 0.3) is 10.2 Å². The van der Waals surface area contributed by atoms with Gasteiger partial charge in [-0.05, 0) is 43.5 Å². The van der Waals surface area contributed by atoms with Crippen LogP contribution in [-0.4, -0.2) is 66.2 Å². The summed E-state index contributed by atoms with van der Waals surface area (Å²) in [5, 5.41) is 13.9. The van der Waals surface area contributed by atoms with Gasteiger partial charge in [-0.1, -0.05) is 50.1 Å². The number of alkyl carbamates (subject to hydrolysis) is 1. The maximum atomic E-state index is 13.7.